The van der Waals surface area contributed by atoms with Gasteiger partial charge in [-0.2, -0.15) is 0 Å². The monoisotopic (exact) mass is 315 g/mol. The van der Waals surface area contributed by atoms with Crippen LogP contribution >= 0.6 is 0 Å². The second-order valence-corrected chi connectivity index (χ2v) is 6.58. The number of rotatable bonds is 4. The van der Waals surface area contributed by atoms with Crippen LogP contribution in [0, 0.1) is 6.92 Å². The zero-order valence-electron chi connectivity index (χ0n) is 12.7. The summed E-state index contributed by atoms with van der Waals surface area (Å²) in [5, 5.41) is 0.478. The van der Waals surface area contributed by atoms with E-state index in [0.29, 0.717) is 16.7 Å². The largest absolute Gasteiger partial charge is 0.362 e. The molecule has 0 spiro atoms. The summed E-state index contributed by atoms with van der Waals surface area (Å²) in [5.41, 5.74) is 2.55. The van der Waals surface area contributed by atoms with Crippen molar-refractivity contribution in [3.8, 4) is 0 Å². The molecule has 0 saturated carbocycles. The topological polar surface area (TPSA) is 74.8 Å². The number of nitrogens with one attached hydrogen (secondary N) is 1. The second-order valence-electron chi connectivity index (χ2n) is 5.21. The molecule has 0 radical (unpaired) electrons. The Morgan fingerprint density at radius 2 is 2.00 bits per heavy atom. The summed E-state index contributed by atoms with van der Waals surface area (Å²) >= 11 is 0. The van der Waals surface area contributed by atoms with E-state index in [0.717, 1.165) is 22.4 Å². The molecule has 0 saturated heterocycles. The van der Waals surface area contributed by atoms with Crippen LogP contribution in [0.5, 0.6) is 0 Å². The van der Waals surface area contributed by atoms with Crippen LogP contribution in [0.2, 0.25) is 0 Å². The van der Waals surface area contributed by atoms with Gasteiger partial charge in [-0.25, -0.2) is 15.0 Å². The van der Waals surface area contributed by atoms with Crippen LogP contribution in [0.15, 0.2) is 35.6 Å². The van der Waals surface area contributed by atoms with E-state index in [-0.39, 0.29) is 0 Å². The van der Waals surface area contributed by atoms with Crippen LogP contribution in [0.3, 0.4) is 0 Å². The number of benzene rings is 1. The van der Waals surface area contributed by atoms with E-state index in [1.165, 1.54) is 0 Å². The Bertz CT molecular complexity index is 810. The first-order chi connectivity index (χ1) is 10.5. The predicted octanol–water partition coefficient (Wildman–Crippen LogP) is 2.04. The minimum atomic E-state index is -1.27. The molecule has 0 aliphatic rings. The number of hydrogen-bond donors (Lipinski definition) is 1. The van der Waals surface area contributed by atoms with Gasteiger partial charge in [-0.1, -0.05) is 12.1 Å². The van der Waals surface area contributed by atoms with Gasteiger partial charge in [-0.15, -0.1) is 0 Å². The van der Waals surface area contributed by atoms with Gasteiger partial charge in [0, 0.05) is 25.9 Å². The highest BCUT2D eigenvalue weighted by molar-refractivity contribution is 7.84. The Morgan fingerprint density at radius 1 is 1.23 bits per heavy atom. The molecule has 7 heteroatoms. The van der Waals surface area contributed by atoms with Gasteiger partial charge in [0.25, 0.3) is 0 Å². The van der Waals surface area contributed by atoms with Crippen molar-refractivity contribution in [2.24, 2.45) is 0 Å². The van der Waals surface area contributed by atoms with Crippen LogP contribution < -0.4 is 4.90 Å². The Balaban J connectivity index is 1.91. The van der Waals surface area contributed by atoms with Gasteiger partial charge in [-0.05, 0) is 19.1 Å². The lowest BCUT2D eigenvalue weighted by Gasteiger charge is -2.15. The van der Waals surface area contributed by atoms with Crippen LogP contribution in [0.4, 0.5) is 5.82 Å². The molecule has 114 valence electrons. The zero-order chi connectivity index (χ0) is 15.7. The van der Waals surface area contributed by atoms with Gasteiger partial charge in [0.15, 0.2) is 5.16 Å². The van der Waals surface area contributed by atoms with Crippen molar-refractivity contribution in [3.05, 3.63) is 41.9 Å². The molecule has 2 heterocycles. The second kappa shape index (κ2) is 5.84. The van der Waals surface area contributed by atoms with E-state index >= 15 is 0 Å². The van der Waals surface area contributed by atoms with E-state index in [1.54, 1.807) is 6.20 Å². The maximum Gasteiger partial charge on any atom is 0.197 e. The number of aryl methyl sites for hydroxylation is 1. The smallest absolute Gasteiger partial charge is 0.197 e. The molecule has 0 aliphatic heterocycles. The van der Waals surface area contributed by atoms with Crippen molar-refractivity contribution >= 4 is 27.7 Å². The molecule has 6 nitrogen and oxygen atoms in total. The predicted molar refractivity (Wildman–Crippen MR) is 87.3 cm³/mol. The van der Waals surface area contributed by atoms with Crippen molar-refractivity contribution < 1.29 is 4.21 Å². The summed E-state index contributed by atoms with van der Waals surface area (Å²) in [7, 11) is 2.55. The summed E-state index contributed by atoms with van der Waals surface area (Å²) < 4.78 is 12.6. The number of fused-ring (bicyclic) bond motifs is 1. The summed E-state index contributed by atoms with van der Waals surface area (Å²) in [6.07, 6.45) is 1.73. The lowest BCUT2D eigenvalue weighted by atomic mass is 10.3. The van der Waals surface area contributed by atoms with Crippen LogP contribution in [-0.4, -0.2) is 38.2 Å². The Kier molecular flexibility index (Phi) is 3.89. The number of nitrogens with zero attached hydrogens (tertiary/aromatic N) is 4. The third-order valence-electron chi connectivity index (χ3n) is 3.26. The van der Waals surface area contributed by atoms with Crippen molar-refractivity contribution in [2.45, 2.75) is 17.8 Å². The molecule has 1 atom stereocenters. The molecule has 3 rings (SSSR count). The molecule has 22 heavy (non-hydrogen) atoms. The van der Waals surface area contributed by atoms with Crippen molar-refractivity contribution in [2.75, 3.05) is 19.0 Å². The highest BCUT2D eigenvalue weighted by Gasteiger charge is 2.15. The summed E-state index contributed by atoms with van der Waals surface area (Å²) in [6.45, 7) is 1.84. The van der Waals surface area contributed by atoms with Gasteiger partial charge in [0.2, 0.25) is 0 Å². The highest BCUT2D eigenvalue weighted by atomic mass is 32.2. The molecule has 0 bridgehead atoms. The van der Waals surface area contributed by atoms with Crippen molar-refractivity contribution in [1.82, 2.24) is 19.9 Å². The lowest BCUT2D eigenvalue weighted by molar-refractivity contribution is 0.677. The quantitative estimate of drug-likeness (QED) is 0.797. The molecule has 1 unspecified atom stereocenters. The fraction of sp³-hybridized carbons (Fsp3) is 0.267. The Hall–Kier alpha value is -2.28. The Labute approximate surface area is 131 Å². The summed E-state index contributed by atoms with van der Waals surface area (Å²) in [6, 6.07) is 7.65. The number of anilines is 1. The standard InChI is InChI=1S/C15H17N5OS/c1-10-16-8-11(14(17-10)20(2)3)9-22(21)15-18-12-6-4-5-7-13(12)19-15/h4-8H,9H2,1-3H3,(H,18,19). The highest BCUT2D eigenvalue weighted by Crippen LogP contribution is 2.20. The van der Waals surface area contributed by atoms with Crippen molar-refractivity contribution in [1.29, 1.82) is 0 Å². The maximum atomic E-state index is 12.6. The molecular formula is C15H17N5OS. The molecule has 0 fully saturated rings. The first-order valence-electron chi connectivity index (χ1n) is 6.87. The first-order valence-corrected chi connectivity index (χ1v) is 8.19. The van der Waals surface area contributed by atoms with Gasteiger partial charge >= 0.3 is 0 Å². The lowest BCUT2D eigenvalue weighted by Crippen LogP contribution is -2.15. The zero-order valence-corrected chi connectivity index (χ0v) is 13.5. The number of H-pyrrole nitrogens is 1. The van der Waals surface area contributed by atoms with E-state index in [9.17, 15) is 4.21 Å². The van der Waals surface area contributed by atoms with Gasteiger partial charge in [-0.3, -0.25) is 4.21 Å². The normalized spacial score (nSPS) is 12.5. The fourth-order valence-electron chi connectivity index (χ4n) is 2.22. The number of hydrogen-bond acceptors (Lipinski definition) is 5. The molecular weight excluding hydrogens is 298 g/mol. The molecule has 0 amide bonds. The minimum absolute atomic E-state index is 0.327. The number of para-hydroxylation sites is 2. The number of aromatic amines is 1. The fourth-order valence-corrected chi connectivity index (χ4v) is 3.27. The SMILES string of the molecule is Cc1ncc(CS(=O)c2nc3ccccc3[nH]2)c(N(C)C)n1. The molecule has 0 aliphatic carbocycles. The van der Waals surface area contributed by atoms with Gasteiger partial charge in [0.05, 0.1) is 27.6 Å². The molecule has 3 aromatic rings. The summed E-state index contributed by atoms with van der Waals surface area (Å²) in [4.78, 5) is 18.0. The first kappa shape index (κ1) is 14.6. The average molecular weight is 315 g/mol. The van der Waals surface area contributed by atoms with E-state index < -0.39 is 10.8 Å². The minimum Gasteiger partial charge on any atom is -0.362 e. The van der Waals surface area contributed by atoms with E-state index in [1.807, 2.05) is 50.2 Å². The van der Waals surface area contributed by atoms with Crippen LogP contribution in [0.1, 0.15) is 11.4 Å². The molecule has 1 aromatic carbocycles. The summed E-state index contributed by atoms with van der Waals surface area (Å²) in [5.74, 6) is 1.81. The number of aromatic nitrogens is 4. The average Bonchev–Trinajstić information content (AvgIpc) is 2.93. The third-order valence-corrected chi connectivity index (χ3v) is 4.45. The van der Waals surface area contributed by atoms with Gasteiger partial charge in [0.1, 0.15) is 11.6 Å². The van der Waals surface area contributed by atoms with E-state index in [4.69, 9.17) is 0 Å². The number of imidazole rings is 1. The molecule has 2 aromatic heterocycles. The Morgan fingerprint density at radius 3 is 2.73 bits per heavy atom. The molecule has 1 N–H and O–H groups in total. The van der Waals surface area contributed by atoms with Crippen LogP contribution in [0.25, 0.3) is 11.0 Å². The van der Waals surface area contributed by atoms with E-state index in [2.05, 4.69) is 19.9 Å². The van der Waals surface area contributed by atoms with Gasteiger partial charge < -0.3 is 9.88 Å². The van der Waals surface area contributed by atoms with Crippen molar-refractivity contribution in [3.63, 3.8) is 0 Å². The third kappa shape index (κ3) is 2.85. The maximum absolute atomic E-state index is 12.6. The van der Waals surface area contributed by atoms with Crippen LogP contribution in [-0.2, 0) is 16.6 Å².